The van der Waals surface area contributed by atoms with Crippen molar-refractivity contribution in [2.45, 2.75) is 32.4 Å². The summed E-state index contributed by atoms with van der Waals surface area (Å²) in [7, 11) is 0. The molecule has 2 saturated heterocycles. The Morgan fingerprint density at radius 3 is 2.70 bits per heavy atom. The summed E-state index contributed by atoms with van der Waals surface area (Å²) in [5.41, 5.74) is 1.99. The summed E-state index contributed by atoms with van der Waals surface area (Å²) in [5, 5.41) is 1.52. The number of fused-ring (bicyclic) bond motifs is 1. The van der Waals surface area contributed by atoms with Crippen molar-refractivity contribution in [2.24, 2.45) is 0 Å². The zero-order valence-corrected chi connectivity index (χ0v) is 16.1. The van der Waals surface area contributed by atoms with Gasteiger partial charge in [-0.15, -0.1) is 0 Å². The normalized spacial score (nSPS) is 21.1. The SMILES string of the molecule is Cc1cc2oc(=O)cc(CN3CCN(C(=O)C4CCCO4)CC3)c2cc1Cl. The zero-order valence-electron chi connectivity index (χ0n) is 15.4. The maximum atomic E-state index is 12.5. The molecule has 0 spiro atoms. The summed E-state index contributed by atoms with van der Waals surface area (Å²) in [6.45, 7) is 6.08. The molecule has 0 aliphatic carbocycles. The fourth-order valence-electron chi connectivity index (χ4n) is 3.82. The van der Waals surface area contributed by atoms with Crippen molar-refractivity contribution < 1.29 is 13.9 Å². The maximum absolute atomic E-state index is 12.5. The van der Waals surface area contributed by atoms with Gasteiger partial charge in [-0.3, -0.25) is 9.69 Å². The molecule has 1 aromatic carbocycles. The number of nitrogens with zero attached hydrogens (tertiary/aromatic N) is 2. The zero-order chi connectivity index (χ0) is 19.0. The van der Waals surface area contributed by atoms with E-state index in [9.17, 15) is 9.59 Å². The van der Waals surface area contributed by atoms with E-state index in [-0.39, 0.29) is 17.6 Å². The number of hydrogen-bond donors (Lipinski definition) is 0. The Hall–Kier alpha value is -1.89. The Morgan fingerprint density at radius 2 is 2.00 bits per heavy atom. The first kappa shape index (κ1) is 18.5. The van der Waals surface area contributed by atoms with Crippen LogP contribution in [0.1, 0.15) is 24.0 Å². The molecule has 3 heterocycles. The topological polar surface area (TPSA) is 63.0 Å². The van der Waals surface area contributed by atoms with Gasteiger partial charge in [0, 0.05) is 55.8 Å². The first-order chi connectivity index (χ1) is 13.0. The number of hydrogen-bond acceptors (Lipinski definition) is 5. The molecule has 6 nitrogen and oxygen atoms in total. The largest absolute Gasteiger partial charge is 0.423 e. The lowest BCUT2D eigenvalue weighted by Crippen LogP contribution is -2.51. The van der Waals surface area contributed by atoms with Crippen LogP contribution < -0.4 is 5.63 Å². The van der Waals surface area contributed by atoms with Gasteiger partial charge in [-0.1, -0.05) is 11.6 Å². The van der Waals surface area contributed by atoms with Crippen molar-refractivity contribution in [3.63, 3.8) is 0 Å². The molecule has 1 aromatic heterocycles. The fraction of sp³-hybridized carbons (Fsp3) is 0.500. The number of carbonyl (C=O) groups excluding carboxylic acids is 1. The third kappa shape index (κ3) is 3.88. The van der Waals surface area contributed by atoms with Crippen LogP contribution in [-0.4, -0.2) is 54.6 Å². The number of rotatable bonds is 3. The fourth-order valence-corrected chi connectivity index (χ4v) is 3.99. The molecular weight excluding hydrogens is 368 g/mol. The maximum Gasteiger partial charge on any atom is 0.336 e. The standard InChI is InChI=1S/C20H23ClN2O4/c1-13-9-18-15(11-16(13)21)14(10-19(24)27-18)12-22-4-6-23(7-5-22)20(25)17-3-2-8-26-17/h9-11,17H,2-8,12H2,1H3. The molecule has 2 aliphatic rings. The second-order valence-corrected chi connectivity index (χ2v) is 7.70. The van der Waals surface area contributed by atoms with E-state index >= 15 is 0 Å². The Balaban J connectivity index is 1.47. The lowest BCUT2D eigenvalue weighted by Gasteiger charge is -2.35. The van der Waals surface area contributed by atoms with Crippen LogP contribution in [0.15, 0.2) is 27.4 Å². The van der Waals surface area contributed by atoms with Gasteiger partial charge < -0.3 is 14.1 Å². The van der Waals surface area contributed by atoms with E-state index in [1.807, 2.05) is 17.9 Å². The molecule has 1 unspecified atom stereocenters. The number of aryl methyl sites for hydroxylation is 1. The van der Waals surface area contributed by atoms with Crippen molar-refractivity contribution in [3.8, 4) is 0 Å². The average Bonchev–Trinajstić information content (AvgIpc) is 3.18. The van der Waals surface area contributed by atoms with Crippen LogP contribution in [0, 0.1) is 6.92 Å². The van der Waals surface area contributed by atoms with Crippen LogP contribution in [0.4, 0.5) is 0 Å². The molecule has 2 aromatic rings. The van der Waals surface area contributed by atoms with Crippen molar-refractivity contribution in [2.75, 3.05) is 32.8 Å². The lowest BCUT2D eigenvalue weighted by atomic mass is 10.1. The monoisotopic (exact) mass is 390 g/mol. The molecule has 0 bridgehead atoms. The third-order valence-corrected chi connectivity index (χ3v) is 5.80. The molecule has 1 amide bonds. The van der Waals surface area contributed by atoms with Gasteiger partial charge in [0.15, 0.2) is 0 Å². The second-order valence-electron chi connectivity index (χ2n) is 7.29. The molecule has 0 saturated carbocycles. The molecule has 0 N–H and O–H groups in total. The van der Waals surface area contributed by atoms with Crippen LogP contribution in [0.2, 0.25) is 5.02 Å². The molecule has 27 heavy (non-hydrogen) atoms. The highest BCUT2D eigenvalue weighted by Crippen LogP contribution is 2.26. The minimum atomic E-state index is -0.355. The minimum absolute atomic E-state index is 0.111. The van der Waals surface area contributed by atoms with Gasteiger partial charge in [-0.2, -0.15) is 0 Å². The van der Waals surface area contributed by atoms with Gasteiger partial charge in [0.2, 0.25) is 0 Å². The lowest BCUT2D eigenvalue weighted by molar-refractivity contribution is -0.142. The molecule has 2 aliphatic heterocycles. The van der Waals surface area contributed by atoms with E-state index in [1.165, 1.54) is 6.07 Å². The predicted molar refractivity (Wildman–Crippen MR) is 103 cm³/mol. The van der Waals surface area contributed by atoms with Gasteiger partial charge >= 0.3 is 5.63 Å². The van der Waals surface area contributed by atoms with Gasteiger partial charge in [-0.25, -0.2) is 4.79 Å². The van der Waals surface area contributed by atoms with Gasteiger partial charge in [0.25, 0.3) is 5.91 Å². The highest BCUT2D eigenvalue weighted by molar-refractivity contribution is 6.32. The van der Waals surface area contributed by atoms with Crippen molar-refractivity contribution in [3.05, 3.63) is 44.8 Å². The first-order valence-electron chi connectivity index (χ1n) is 9.37. The van der Waals surface area contributed by atoms with E-state index in [4.69, 9.17) is 20.8 Å². The second kappa shape index (κ2) is 7.62. The number of halogens is 1. The summed E-state index contributed by atoms with van der Waals surface area (Å²) in [5.74, 6) is 0.111. The Bertz CT molecular complexity index is 912. The van der Waals surface area contributed by atoms with Crippen molar-refractivity contribution >= 4 is 28.5 Å². The summed E-state index contributed by atoms with van der Waals surface area (Å²) in [6, 6.07) is 5.21. The van der Waals surface area contributed by atoms with Crippen LogP contribution in [-0.2, 0) is 16.1 Å². The number of benzene rings is 1. The molecule has 2 fully saturated rings. The van der Waals surface area contributed by atoms with Crippen LogP contribution >= 0.6 is 11.6 Å². The summed E-state index contributed by atoms with van der Waals surface area (Å²) < 4.78 is 10.8. The molecule has 0 radical (unpaired) electrons. The Kier molecular flexibility index (Phi) is 5.21. The molecule has 4 rings (SSSR count). The quantitative estimate of drug-likeness (QED) is 0.754. The predicted octanol–water partition coefficient (Wildman–Crippen LogP) is 2.58. The van der Waals surface area contributed by atoms with Crippen molar-refractivity contribution in [1.82, 2.24) is 9.80 Å². The van der Waals surface area contributed by atoms with Gasteiger partial charge in [0.05, 0.1) is 0 Å². The highest BCUT2D eigenvalue weighted by Gasteiger charge is 2.30. The summed E-state index contributed by atoms with van der Waals surface area (Å²) in [4.78, 5) is 28.6. The first-order valence-corrected chi connectivity index (χ1v) is 9.75. The molecular formula is C20H23ClN2O4. The molecule has 144 valence electrons. The van der Waals surface area contributed by atoms with E-state index in [0.717, 1.165) is 42.4 Å². The minimum Gasteiger partial charge on any atom is -0.423 e. The molecule has 7 heteroatoms. The van der Waals surface area contributed by atoms with Crippen LogP contribution in [0.3, 0.4) is 0 Å². The average molecular weight is 391 g/mol. The summed E-state index contributed by atoms with van der Waals surface area (Å²) in [6.07, 6.45) is 1.53. The van der Waals surface area contributed by atoms with Crippen molar-refractivity contribution in [1.29, 1.82) is 0 Å². The number of carbonyl (C=O) groups is 1. The summed E-state index contributed by atoms with van der Waals surface area (Å²) >= 11 is 6.27. The third-order valence-electron chi connectivity index (χ3n) is 5.39. The molecule has 1 atom stereocenters. The van der Waals surface area contributed by atoms with E-state index in [0.29, 0.717) is 36.8 Å². The van der Waals surface area contributed by atoms with Crippen LogP contribution in [0.25, 0.3) is 11.0 Å². The Morgan fingerprint density at radius 1 is 1.22 bits per heavy atom. The number of piperazine rings is 1. The van der Waals surface area contributed by atoms with E-state index in [2.05, 4.69) is 4.90 Å². The van der Waals surface area contributed by atoms with Crippen LogP contribution in [0.5, 0.6) is 0 Å². The Labute approximate surface area is 162 Å². The smallest absolute Gasteiger partial charge is 0.336 e. The number of amides is 1. The van der Waals surface area contributed by atoms with E-state index in [1.54, 1.807) is 6.07 Å². The highest BCUT2D eigenvalue weighted by atomic mass is 35.5. The van der Waals surface area contributed by atoms with E-state index < -0.39 is 0 Å². The van der Waals surface area contributed by atoms with Gasteiger partial charge in [-0.05, 0) is 43.0 Å². The van der Waals surface area contributed by atoms with Gasteiger partial charge in [0.1, 0.15) is 11.7 Å². The number of ether oxygens (including phenoxy) is 1.